The molecule has 1 aliphatic rings. The molecule has 1 saturated heterocycles. The van der Waals surface area contributed by atoms with Crippen LogP contribution in [0.4, 0.5) is 10.7 Å². The number of piperidine rings is 1. The fourth-order valence-corrected chi connectivity index (χ4v) is 4.15. The summed E-state index contributed by atoms with van der Waals surface area (Å²) < 4.78 is 0. The summed E-state index contributed by atoms with van der Waals surface area (Å²) in [6.07, 6.45) is 4.97. The van der Waals surface area contributed by atoms with Crippen LogP contribution in [-0.2, 0) is 12.0 Å². The minimum atomic E-state index is -0.587. The Morgan fingerprint density at radius 2 is 1.64 bits per heavy atom. The molecule has 2 N–H and O–H groups in total. The lowest BCUT2D eigenvalue weighted by Crippen LogP contribution is -2.49. The number of amides is 3. The molecule has 3 aromatic rings. The second-order valence-electron chi connectivity index (χ2n) is 8.47. The highest BCUT2D eigenvalue weighted by Gasteiger charge is 2.35. The molecule has 1 aromatic heterocycles. The van der Waals surface area contributed by atoms with E-state index in [1.165, 1.54) is 5.56 Å². The third kappa shape index (κ3) is 5.01. The van der Waals surface area contributed by atoms with Crippen molar-refractivity contribution in [3.8, 4) is 0 Å². The van der Waals surface area contributed by atoms with Crippen molar-refractivity contribution in [2.24, 2.45) is 0 Å². The maximum Gasteiger partial charge on any atom is 0.327 e. The molecule has 0 bridgehead atoms. The smallest absolute Gasteiger partial charge is 0.324 e. The van der Waals surface area contributed by atoms with Crippen LogP contribution < -0.4 is 10.4 Å². The SMILES string of the molecule is CC1(c2ccccc2)CCN(C(=O)N(Cc2ccc(C(=O)NO)cc2)c2ncccn2)CC1. The van der Waals surface area contributed by atoms with Gasteiger partial charge in [-0.3, -0.25) is 14.9 Å². The number of nitrogens with zero attached hydrogens (tertiary/aromatic N) is 4. The monoisotopic (exact) mass is 445 g/mol. The molecule has 0 unspecified atom stereocenters. The predicted molar refractivity (Wildman–Crippen MR) is 124 cm³/mol. The fraction of sp³-hybridized carbons (Fsp3) is 0.280. The maximum atomic E-state index is 13.5. The van der Waals surface area contributed by atoms with E-state index < -0.39 is 5.91 Å². The zero-order chi connectivity index (χ0) is 23.3. The van der Waals surface area contributed by atoms with E-state index >= 15 is 0 Å². The van der Waals surface area contributed by atoms with Gasteiger partial charge < -0.3 is 4.90 Å². The minimum absolute atomic E-state index is 0.0369. The third-order valence-electron chi connectivity index (χ3n) is 6.29. The zero-order valence-electron chi connectivity index (χ0n) is 18.5. The first kappa shape index (κ1) is 22.4. The summed E-state index contributed by atoms with van der Waals surface area (Å²) in [5.74, 6) is -0.258. The summed E-state index contributed by atoms with van der Waals surface area (Å²) in [6.45, 7) is 3.80. The molecule has 1 aliphatic heterocycles. The van der Waals surface area contributed by atoms with Crippen molar-refractivity contribution in [1.29, 1.82) is 0 Å². The number of anilines is 1. The van der Waals surface area contributed by atoms with Gasteiger partial charge in [0.2, 0.25) is 5.95 Å². The Kier molecular flexibility index (Phi) is 6.65. The Morgan fingerprint density at radius 3 is 2.24 bits per heavy atom. The van der Waals surface area contributed by atoms with E-state index in [1.54, 1.807) is 53.1 Å². The van der Waals surface area contributed by atoms with E-state index in [-0.39, 0.29) is 18.0 Å². The van der Waals surface area contributed by atoms with E-state index in [1.807, 2.05) is 11.0 Å². The second-order valence-corrected chi connectivity index (χ2v) is 8.47. The van der Waals surface area contributed by atoms with Crippen LogP contribution in [0.2, 0.25) is 0 Å². The number of likely N-dealkylation sites (tertiary alicyclic amines) is 1. The van der Waals surface area contributed by atoms with Crippen molar-refractivity contribution in [1.82, 2.24) is 20.3 Å². The molecule has 0 aliphatic carbocycles. The molecule has 170 valence electrons. The van der Waals surface area contributed by atoms with E-state index in [9.17, 15) is 9.59 Å². The Hall–Kier alpha value is -3.78. The number of hydrogen-bond donors (Lipinski definition) is 2. The number of carbonyl (C=O) groups excluding carboxylic acids is 2. The highest BCUT2D eigenvalue weighted by Crippen LogP contribution is 2.35. The first-order valence-corrected chi connectivity index (χ1v) is 10.9. The number of aromatic nitrogens is 2. The predicted octanol–water partition coefficient (Wildman–Crippen LogP) is 3.78. The van der Waals surface area contributed by atoms with E-state index in [4.69, 9.17) is 5.21 Å². The summed E-state index contributed by atoms with van der Waals surface area (Å²) >= 11 is 0. The number of benzene rings is 2. The second kappa shape index (κ2) is 9.79. The van der Waals surface area contributed by atoms with Gasteiger partial charge in [-0.2, -0.15) is 0 Å². The molecule has 0 radical (unpaired) electrons. The van der Waals surface area contributed by atoms with Crippen LogP contribution in [0.1, 0.15) is 41.3 Å². The van der Waals surface area contributed by atoms with Crippen LogP contribution in [0.15, 0.2) is 73.1 Å². The number of nitrogens with one attached hydrogen (secondary N) is 1. The number of rotatable bonds is 5. The van der Waals surface area contributed by atoms with Crippen LogP contribution in [0.3, 0.4) is 0 Å². The molecular weight excluding hydrogens is 418 g/mol. The van der Waals surface area contributed by atoms with Crippen molar-refractivity contribution < 1.29 is 14.8 Å². The van der Waals surface area contributed by atoms with Gasteiger partial charge in [-0.15, -0.1) is 0 Å². The van der Waals surface area contributed by atoms with Gasteiger partial charge in [0, 0.05) is 31.0 Å². The topological polar surface area (TPSA) is 98.7 Å². The molecule has 1 fully saturated rings. The van der Waals surface area contributed by atoms with Crippen LogP contribution >= 0.6 is 0 Å². The summed E-state index contributed by atoms with van der Waals surface area (Å²) in [6, 6.07) is 18.7. The molecule has 3 amide bonds. The average molecular weight is 446 g/mol. The maximum absolute atomic E-state index is 13.5. The van der Waals surface area contributed by atoms with Gasteiger partial charge in [-0.25, -0.2) is 20.2 Å². The molecule has 2 aromatic carbocycles. The first-order chi connectivity index (χ1) is 16.0. The average Bonchev–Trinajstić information content (AvgIpc) is 2.88. The van der Waals surface area contributed by atoms with Crippen molar-refractivity contribution in [2.75, 3.05) is 18.0 Å². The summed E-state index contributed by atoms with van der Waals surface area (Å²) in [5.41, 5.74) is 4.09. The fourth-order valence-electron chi connectivity index (χ4n) is 4.15. The number of hydroxylamine groups is 1. The molecule has 8 heteroatoms. The van der Waals surface area contributed by atoms with Gasteiger partial charge in [-0.05, 0) is 47.6 Å². The lowest BCUT2D eigenvalue weighted by Gasteiger charge is -2.41. The molecular formula is C25H27N5O3. The van der Waals surface area contributed by atoms with E-state index in [0.29, 0.717) is 24.6 Å². The normalized spacial score (nSPS) is 15.0. The Bertz CT molecular complexity index is 1080. The van der Waals surface area contributed by atoms with Crippen LogP contribution in [0.5, 0.6) is 0 Å². The van der Waals surface area contributed by atoms with Crippen molar-refractivity contribution in [3.63, 3.8) is 0 Å². The largest absolute Gasteiger partial charge is 0.327 e. The van der Waals surface area contributed by atoms with Gasteiger partial charge in [0.15, 0.2) is 0 Å². The van der Waals surface area contributed by atoms with E-state index in [2.05, 4.69) is 41.2 Å². The molecule has 33 heavy (non-hydrogen) atoms. The van der Waals surface area contributed by atoms with Gasteiger partial charge in [0.05, 0.1) is 6.54 Å². The Labute approximate surface area is 192 Å². The lowest BCUT2D eigenvalue weighted by molar-refractivity contribution is 0.0706. The quantitative estimate of drug-likeness (QED) is 0.460. The van der Waals surface area contributed by atoms with Crippen molar-refractivity contribution in [2.45, 2.75) is 31.7 Å². The Morgan fingerprint density at radius 1 is 1.00 bits per heavy atom. The third-order valence-corrected chi connectivity index (χ3v) is 6.29. The molecule has 0 atom stereocenters. The van der Waals surface area contributed by atoms with Crippen LogP contribution in [0, 0.1) is 0 Å². The van der Waals surface area contributed by atoms with Crippen molar-refractivity contribution >= 4 is 17.9 Å². The van der Waals surface area contributed by atoms with Gasteiger partial charge in [0.1, 0.15) is 0 Å². The van der Waals surface area contributed by atoms with E-state index in [0.717, 1.165) is 18.4 Å². The standard InChI is InChI=1S/C25H27N5O3/c1-25(21-6-3-2-4-7-21)12-16-29(17-13-25)24(32)30(23-26-14-5-15-27-23)18-19-8-10-20(11-9-19)22(31)28-33/h2-11,14-15,33H,12-13,16-18H2,1H3,(H,28,31). The number of urea groups is 1. The highest BCUT2D eigenvalue weighted by atomic mass is 16.5. The summed E-state index contributed by atoms with van der Waals surface area (Å²) in [7, 11) is 0. The zero-order valence-corrected chi connectivity index (χ0v) is 18.5. The van der Waals surface area contributed by atoms with Crippen molar-refractivity contribution in [3.05, 3.63) is 89.7 Å². The number of carbonyl (C=O) groups is 2. The summed E-state index contributed by atoms with van der Waals surface area (Å²) in [4.78, 5) is 37.1. The highest BCUT2D eigenvalue weighted by molar-refractivity contribution is 5.93. The molecule has 4 rings (SSSR count). The Balaban J connectivity index is 1.51. The van der Waals surface area contributed by atoms with Gasteiger partial charge in [0.25, 0.3) is 5.91 Å². The lowest BCUT2D eigenvalue weighted by atomic mass is 9.74. The minimum Gasteiger partial charge on any atom is -0.324 e. The van der Waals surface area contributed by atoms with Gasteiger partial charge in [-0.1, -0.05) is 49.4 Å². The molecule has 8 nitrogen and oxygen atoms in total. The summed E-state index contributed by atoms with van der Waals surface area (Å²) in [5, 5.41) is 8.80. The van der Waals surface area contributed by atoms with Crippen LogP contribution in [-0.4, -0.2) is 45.1 Å². The first-order valence-electron chi connectivity index (χ1n) is 10.9. The van der Waals surface area contributed by atoms with Crippen LogP contribution in [0.25, 0.3) is 0 Å². The molecule has 0 saturated carbocycles. The number of hydrogen-bond acceptors (Lipinski definition) is 5. The molecule has 0 spiro atoms. The van der Waals surface area contributed by atoms with Gasteiger partial charge >= 0.3 is 6.03 Å². The molecule has 2 heterocycles.